The summed E-state index contributed by atoms with van der Waals surface area (Å²) >= 11 is 0. The minimum atomic E-state index is -0.474. The Morgan fingerprint density at radius 1 is 1.06 bits per heavy atom. The maximum atomic E-state index is 12.1. The van der Waals surface area contributed by atoms with Crippen LogP contribution in [0.2, 0.25) is 0 Å². The van der Waals surface area contributed by atoms with Gasteiger partial charge in [-0.1, -0.05) is 0 Å². The molecular weight excluding hydrogens is 224 g/mol. The topological polar surface area (TPSA) is 63.9 Å². The van der Waals surface area contributed by atoms with E-state index in [2.05, 4.69) is 0 Å². The normalized spacial score (nSPS) is 37.1. The summed E-state index contributed by atoms with van der Waals surface area (Å²) in [5, 5.41) is 0. The Hall–Kier alpha value is -0.650. The van der Waals surface area contributed by atoms with Crippen LogP contribution in [0.25, 0.3) is 0 Å². The first kappa shape index (κ1) is 11.4. The summed E-state index contributed by atoms with van der Waals surface area (Å²) in [6.07, 6.45) is 2.85. The Morgan fingerprint density at radius 2 is 1.41 bits per heavy atom. The smallest absolute Gasteiger partial charge is 0.312 e. The van der Waals surface area contributed by atoms with E-state index in [-0.39, 0.29) is 24.3 Å². The highest BCUT2D eigenvalue weighted by Crippen LogP contribution is 2.44. The van der Waals surface area contributed by atoms with Crippen molar-refractivity contribution in [2.45, 2.75) is 37.6 Å². The van der Waals surface area contributed by atoms with E-state index in [0.29, 0.717) is 0 Å². The summed E-state index contributed by atoms with van der Waals surface area (Å²) in [5.74, 6) is -0.140. The van der Waals surface area contributed by atoms with Gasteiger partial charge in [-0.25, -0.2) is 0 Å². The molecule has 3 heterocycles. The van der Waals surface area contributed by atoms with Crippen molar-refractivity contribution in [3.05, 3.63) is 0 Å². The van der Waals surface area contributed by atoms with Crippen LogP contribution >= 0.6 is 0 Å². The van der Waals surface area contributed by atoms with Gasteiger partial charge in [-0.2, -0.15) is 0 Å². The molecule has 5 nitrogen and oxygen atoms in total. The van der Waals surface area contributed by atoms with Gasteiger partial charge in [0.15, 0.2) is 0 Å². The molecule has 0 radical (unpaired) electrons. The Balaban J connectivity index is 1.73. The summed E-state index contributed by atoms with van der Waals surface area (Å²) in [5.41, 5.74) is -0.474. The third kappa shape index (κ3) is 2.78. The molecule has 0 aromatic carbocycles. The van der Waals surface area contributed by atoms with Crippen molar-refractivity contribution >= 4 is 5.97 Å². The number of esters is 1. The van der Waals surface area contributed by atoms with E-state index >= 15 is 0 Å². The number of epoxide rings is 3. The molecule has 0 aliphatic carbocycles. The second-order valence-corrected chi connectivity index (χ2v) is 5.25. The number of rotatable bonds is 7. The van der Waals surface area contributed by atoms with Crippen LogP contribution in [0.3, 0.4) is 0 Å². The summed E-state index contributed by atoms with van der Waals surface area (Å²) in [6.45, 7) is 2.28. The predicted molar refractivity (Wildman–Crippen MR) is 57.5 cm³/mol. The zero-order chi connectivity index (χ0) is 11.9. The molecule has 5 heteroatoms. The molecule has 0 amide bonds. The predicted octanol–water partition coefficient (Wildman–Crippen LogP) is 0.512. The molecule has 0 aromatic heterocycles. The van der Waals surface area contributed by atoms with Gasteiger partial charge in [0.1, 0.15) is 0 Å². The molecule has 0 aromatic rings. The molecule has 0 N–H and O–H groups in total. The molecular formula is C12H18O5. The molecule has 3 aliphatic rings. The lowest BCUT2D eigenvalue weighted by Crippen LogP contribution is -2.37. The second-order valence-electron chi connectivity index (χ2n) is 5.25. The lowest BCUT2D eigenvalue weighted by molar-refractivity contribution is -0.155. The summed E-state index contributed by atoms with van der Waals surface area (Å²) in [4.78, 5) is 12.1. The summed E-state index contributed by atoms with van der Waals surface area (Å²) in [7, 11) is 1.45. The minimum Gasteiger partial charge on any atom is -0.469 e. The largest absolute Gasteiger partial charge is 0.469 e. The van der Waals surface area contributed by atoms with Crippen molar-refractivity contribution in [2.24, 2.45) is 5.41 Å². The molecule has 3 fully saturated rings. The van der Waals surface area contributed by atoms with Crippen LogP contribution in [0.15, 0.2) is 0 Å². The van der Waals surface area contributed by atoms with E-state index < -0.39 is 5.41 Å². The fourth-order valence-corrected chi connectivity index (χ4v) is 2.58. The maximum absolute atomic E-state index is 12.1. The quantitative estimate of drug-likeness (QED) is 0.481. The zero-order valence-electron chi connectivity index (χ0n) is 10.0. The highest BCUT2D eigenvalue weighted by molar-refractivity contribution is 5.77. The molecule has 0 spiro atoms. The molecule has 0 bridgehead atoms. The van der Waals surface area contributed by atoms with Gasteiger partial charge in [0.05, 0.1) is 50.7 Å². The lowest BCUT2D eigenvalue weighted by Gasteiger charge is -2.29. The van der Waals surface area contributed by atoms with Crippen molar-refractivity contribution in [3.8, 4) is 0 Å². The van der Waals surface area contributed by atoms with Gasteiger partial charge in [-0.05, 0) is 19.3 Å². The molecule has 3 unspecified atom stereocenters. The van der Waals surface area contributed by atoms with Crippen LogP contribution in [-0.2, 0) is 23.7 Å². The number of carbonyl (C=O) groups excluding carboxylic acids is 1. The first-order valence-electron chi connectivity index (χ1n) is 6.15. The van der Waals surface area contributed by atoms with Gasteiger partial charge in [0.2, 0.25) is 0 Å². The lowest BCUT2D eigenvalue weighted by atomic mass is 9.75. The third-order valence-electron chi connectivity index (χ3n) is 3.68. The van der Waals surface area contributed by atoms with Gasteiger partial charge in [0, 0.05) is 0 Å². The molecule has 96 valence electrons. The fraction of sp³-hybridized carbons (Fsp3) is 0.917. The SMILES string of the molecule is COC(=O)C(CC1CO1)(CC1CO1)CC1CO1. The Labute approximate surface area is 100 Å². The van der Waals surface area contributed by atoms with Crippen LogP contribution in [0.4, 0.5) is 0 Å². The van der Waals surface area contributed by atoms with Crippen molar-refractivity contribution in [3.63, 3.8) is 0 Å². The molecule has 17 heavy (non-hydrogen) atoms. The first-order chi connectivity index (χ1) is 8.22. The zero-order valence-corrected chi connectivity index (χ0v) is 10.0. The first-order valence-corrected chi connectivity index (χ1v) is 6.15. The van der Waals surface area contributed by atoms with E-state index in [4.69, 9.17) is 18.9 Å². The van der Waals surface area contributed by atoms with Gasteiger partial charge in [-0.3, -0.25) is 4.79 Å². The number of methoxy groups -OCH3 is 1. The van der Waals surface area contributed by atoms with Crippen molar-refractivity contribution in [1.29, 1.82) is 0 Å². The number of hydrogen-bond acceptors (Lipinski definition) is 5. The van der Waals surface area contributed by atoms with E-state index in [1.807, 2.05) is 0 Å². The third-order valence-corrected chi connectivity index (χ3v) is 3.68. The molecule has 3 aliphatic heterocycles. The van der Waals surface area contributed by atoms with E-state index in [9.17, 15) is 4.79 Å². The second kappa shape index (κ2) is 4.23. The van der Waals surface area contributed by atoms with Crippen LogP contribution in [0.1, 0.15) is 19.3 Å². The van der Waals surface area contributed by atoms with Gasteiger partial charge >= 0.3 is 5.97 Å². The molecule has 3 atom stereocenters. The van der Waals surface area contributed by atoms with Crippen molar-refractivity contribution in [2.75, 3.05) is 26.9 Å². The Morgan fingerprint density at radius 3 is 1.65 bits per heavy atom. The Kier molecular flexibility index (Phi) is 2.84. The fourth-order valence-electron chi connectivity index (χ4n) is 2.58. The molecule has 3 rings (SSSR count). The van der Waals surface area contributed by atoms with Crippen LogP contribution in [-0.4, -0.2) is 51.2 Å². The van der Waals surface area contributed by atoms with E-state index in [1.165, 1.54) is 7.11 Å². The van der Waals surface area contributed by atoms with Gasteiger partial charge in [0.25, 0.3) is 0 Å². The van der Waals surface area contributed by atoms with Crippen LogP contribution < -0.4 is 0 Å². The Bertz CT molecular complexity index is 268. The maximum Gasteiger partial charge on any atom is 0.312 e. The summed E-state index contributed by atoms with van der Waals surface area (Å²) < 4.78 is 20.8. The van der Waals surface area contributed by atoms with Gasteiger partial charge < -0.3 is 18.9 Å². The average Bonchev–Trinajstić information content (AvgIpc) is 3.08. The van der Waals surface area contributed by atoms with Crippen LogP contribution in [0.5, 0.6) is 0 Å². The van der Waals surface area contributed by atoms with Crippen molar-refractivity contribution in [1.82, 2.24) is 0 Å². The number of ether oxygens (including phenoxy) is 4. The average molecular weight is 242 g/mol. The minimum absolute atomic E-state index is 0.140. The van der Waals surface area contributed by atoms with Gasteiger partial charge in [-0.15, -0.1) is 0 Å². The highest BCUT2D eigenvalue weighted by Gasteiger charge is 2.51. The highest BCUT2D eigenvalue weighted by atomic mass is 16.6. The number of carbonyl (C=O) groups is 1. The summed E-state index contributed by atoms with van der Waals surface area (Å²) in [6, 6.07) is 0. The number of hydrogen-bond donors (Lipinski definition) is 0. The molecule has 3 saturated heterocycles. The standard InChI is InChI=1S/C12H18O5/c1-14-11(13)12(2-8-5-15-8,3-9-6-16-9)4-10-7-17-10/h8-10H,2-7H2,1H3. The monoisotopic (exact) mass is 242 g/mol. The van der Waals surface area contributed by atoms with Crippen molar-refractivity contribution < 1.29 is 23.7 Å². The molecule has 0 saturated carbocycles. The van der Waals surface area contributed by atoms with Crippen LogP contribution in [0, 0.1) is 5.41 Å². The van der Waals surface area contributed by atoms with E-state index in [0.717, 1.165) is 39.1 Å². The van der Waals surface area contributed by atoms with E-state index in [1.54, 1.807) is 0 Å².